The molecule has 0 fully saturated rings. The lowest BCUT2D eigenvalue weighted by Crippen LogP contribution is -2.38. The molecular weight excluding hydrogens is 136 g/mol. The first-order chi connectivity index (χ1) is 4.59. The summed E-state index contributed by atoms with van der Waals surface area (Å²) < 4.78 is 0. The van der Waals surface area contributed by atoms with Crippen molar-refractivity contribution in [3.05, 3.63) is 10.1 Å². The van der Waals surface area contributed by atoms with Crippen LogP contribution in [0.4, 0.5) is 0 Å². The highest BCUT2D eigenvalue weighted by atomic mass is 16.7. The fourth-order valence-electron chi connectivity index (χ4n) is 0.348. The van der Waals surface area contributed by atoms with E-state index >= 15 is 0 Å². The summed E-state index contributed by atoms with van der Waals surface area (Å²) >= 11 is 0. The number of nitro groups is 1. The first kappa shape index (κ1) is 8.67. The highest BCUT2D eigenvalue weighted by molar-refractivity contribution is 5.76. The lowest BCUT2D eigenvalue weighted by atomic mass is 10.8. The van der Waals surface area contributed by atoms with E-state index in [-0.39, 0.29) is 5.96 Å². The molecule has 2 N–H and O–H groups in total. The van der Waals surface area contributed by atoms with Crippen LogP contribution in [0, 0.1) is 10.1 Å². The maximum atomic E-state index is 9.99. The highest BCUT2D eigenvalue weighted by Crippen LogP contribution is 1.81. The van der Waals surface area contributed by atoms with E-state index in [0.29, 0.717) is 11.6 Å². The number of hydrazine groups is 1. The number of guanidine groups is 1. The molecule has 6 heteroatoms. The van der Waals surface area contributed by atoms with E-state index in [1.54, 1.807) is 6.92 Å². The van der Waals surface area contributed by atoms with Gasteiger partial charge in [0, 0.05) is 6.54 Å². The van der Waals surface area contributed by atoms with Gasteiger partial charge < -0.3 is 5.73 Å². The third-order valence-corrected chi connectivity index (χ3v) is 0.897. The van der Waals surface area contributed by atoms with Crippen molar-refractivity contribution in [2.75, 3.05) is 13.6 Å². The van der Waals surface area contributed by atoms with Crippen LogP contribution in [-0.2, 0) is 0 Å². The van der Waals surface area contributed by atoms with E-state index in [1.807, 2.05) is 0 Å². The molecule has 0 amide bonds. The molecule has 58 valence electrons. The van der Waals surface area contributed by atoms with Crippen molar-refractivity contribution in [2.24, 2.45) is 10.7 Å². The van der Waals surface area contributed by atoms with Gasteiger partial charge in [-0.2, -0.15) is 0 Å². The summed E-state index contributed by atoms with van der Waals surface area (Å²) in [6.45, 7) is 2.20. The normalized spacial score (nSPS) is 11.2. The highest BCUT2D eigenvalue weighted by Gasteiger charge is 2.10. The van der Waals surface area contributed by atoms with Gasteiger partial charge in [0.2, 0.25) is 0 Å². The van der Waals surface area contributed by atoms with Crippen LogP contribution in [0.15, 0.2) is 4.99 Å². The quantitative estimate of drug-likeness (QED) is 0.245. The Morgan fingerprint density at radius 1 is 1.90 bits per heavy atom. The Kier molecular flexibility index (Phi) is 3.16. The number of hydrogen-bond acceptors (Lipinski definition) is 3. The van der Waals surface area contributed by atoms with Gasteiger partial charge in [0.05, 0.1) is 7.05 Å². The Morgan fingerprint density at radius 3 is 2.70 bits per heavy atom. The Hall–Kier alpha value is -1.33. The molecule has 0 atom stereocenters. The molecule has 0 aromatic rings. The summed E-state index contributed by atoms with van der Waals surface area (Å²) in [6, 6.07) is 0. The maximum absolute atomic E-state index is 9.99. The van der Waals surface area contributed by atoms with Gasteiger partial charge in [-0.1, -0.05) is 5.01 Å². The Labute approximate surface area is 58.5 Å². The summed E-state index contributed by atoms with van der Waals surface area (Å²) in [5, 5.41) is 10.0. The van der Waals surface area contributed by atoms with E-state index in [1.165, 1.54) is 7.05 Å². The smallest absolute Gasteiger partial charge is 0.254 e. The number of hydrogen-bond donors (Lipinski definition) is 1. The second-order valence-electron chi connectivity index (χ2n) is 1.59. The van der Waals surface area contributed by atoms with Gasteiger partial charge in [-0.05, 0) is 6.92 Å². The predicted octanol–water partition coefficient (Wildman–Crippen LogP) is -0.555. The summed E-state index contributed by atoms with van der Waals surface area (Å²) in [7, 11) is 1.24. The molecule has 0 radical (unpaired) electrons. The monoisotopic (exact) mass is 146 g/mol. The van der Waals surface area contributed by atoms with Crippen molar-refractivity contribution in [3.8, 4) is 0 Å². The van der Waals surface area contributed by atoms with Crippen molar-refractivity contribution >= 4 is 5.96 Å². The van der Waals surface area contributed by atoms with Crippen LogP contribution in [0.5, 0.6) is 0 Å². The van der Waals surface area contributed by atoms with Crippen LogP contribution >= 0.6 is 0 Å². The van der Waals surface area contributed by atoms with Gasteiger partial charge in [-0.25, -0.2) is 15.1 Å². The number of rotatable bonds is 2. The topological polar surface area (TPSA) is 84.8 Å². The van der Waals surface area contributed by atoms with E-state index in [9.17, 15) is 10.1 Å². The van der Waals surface area contributed by atoms with Gasteiger partial charge in [0.15, 0.2) is 5.03 Å². The van der Waals surface area contributed by atoms with Crippen molar-refractivity contribution in [1.82, 2.24) is 5.01 Å². The fraction of sp³-hybridized carbons (Fsp3) is 0.750. The van der Waals surface area contributed by atoms with Crippen LogP contribution in [0.2, 0.25) is 0 Å². The molecule has 0 bridgehead atoms. The third-order valence-electron chi connectivity index (χ3n) is 0.897. The molecule has 0 aromatic heterocycles. The SMILES string of the molecule is CCN=C(N)N(C)[N+](=O)[O-]. The molecule has 0 aromatic carbocycles. The lowest BCUT2D eigenvalue weighted by molar-refractivity contribution is -0.623. The van der Waals surface area contributed by atoms with E-state index in [4.69, 9.17) is 5.73 Å². The van der Waals surface area contributed by atoms with Crippen LogP contribution in [-0.4, -0.2) is 29.6 Å². The molecule has 0 aliphatic carbocycles. The van der Waals surface area contributed by atoms with Crippen molar-refractivity contribution in [3.63, 3.8) is 0 Å². The average Bonchev–Trinajstić information content (AvgIpc) is 1.87. The van der Waals surface area contributed by atoms with Crippen LogP contribution in [0.3, 0.4) is 0 Å². The van der Waals surface area contributed by atoms with E-state index < -0.39 is 5.03 Å². The molecule has 0 saturated carbocycles. The minimum Gasteiger partial charge on any atom is -0.365 e. The largest absolute Gasteiger partial charge is 0.365 e. The van der Waals surface area contributed by atoms with Gasteiger partial charge >= 0.3 is 0 Å². The molecule has 0 aliphatic heterocycles. The summed E-state index contributed by atoms with van der Waals surface area (Å²) in [5.41, 5.74) is 5.16. The summed E-state index contributed by atoms with van der Waals surface area (Å²) in [6.07, 6.45) is 0. The van der Waals surface area contributed by atoms with Gasteiger partial charge in [0.25, 0.3) is 5.96 Å². The molecule has 0 rings (SSSR count). The Balaban J connectivity index is 4.06. The summed E-state index contributed by atoms with van der Waals surface area (Å²) in [5.74, 6) is -0.0764. The zero-order chi connectivity index (χ0) is 8.15. The van der Waals surface area contributed by atoms with Crippen molar-refractivity contribution in [1.29, 1.82) is 0 Å². The van der Waals surface area contributed by atoms with Gasteiger partial charge in [0.1, 0.15) is 0 Å². The minimum atomic E-state index is -0.630. The summed E-state index contributed by atoms with van der Waals surface area (Å²) in [4.78, 5) is 13.6. The Morgan fingerprint density at radius 2 is 2.40 bits per heavy atom. The predicted molar refractivity (Wildman–Crippen MR) is 36.9 cm³/mol. The number of nitrogens with two attached hydrogens (primary N) is 1. The van der Waals surface area contributed by atoms with Crippen LogP contribution < -0.4 is 5.73 Å². The molecule has 0 unspecified atom stereocenters. The van der Waals surface area contributed by atoms with E-state index in [2.05, 4.69) is 4.99 Å². The van der Waals surface area contributed by atoms with Gasteiger partial charge in [-0.15, -0.1) is 0 Å². The maximum Gasteiger partial charge on any atom is 0.254 e. The molecule has 6 nitrogen and oxygen atoms in total. The number of nitrogens with zero attached hydrogens (tertiary/aromatic N) is 3. The molecule has 10 heavy (non-hydrogen) atoms. The zero-order valence-electron chi connectivity index (χ0n) is 5.94. The van der Waals surface area contributed by atoms with Gasteiger partial charge in [-0.3, -0.25) is 0 Å². The first-order valence-electron chi connectivity index (χ1n) is 2.77. The van der Waals surface area contributed by atoms with Crippen LogP contribution in [0.25, 0.3) is 0 Å². The molecule has 0 aliphatic rings. The van der Waals surface area contributed by atoms with E-state index in [0.717, 1.165) is 0 Å². The minimum absolute atomic E-state index is 0.0764. The molecule has 0 spiro atoms. The first-order valence-corrected chi connectivity index (χ1v) is 2.77. The zero-order valence-corrected chi connectivity index (χ0v) is 5.94. The standard InChI is InChI=1S/C4H10N4O2/c1-3-6-4(5)7(2)8(9)10/h3H2,1-2H3,(H2,5,6). The van der Waals surface area contributed by atoms with Crippen molar-refractivity contribution in [2.45, 2.75) is 6.92 Å². The molecule has 0 saturated heterocycles. The average molecular weight is 146 g/mol. The number of aliphatic imine (C=N–C) groups is 1. The molecular formula is C4H10N4O2. The second-order valence-corrected chi connectivity index (χ2v) is 1.59. The fourth-order valence-corrected chi connectivity index (χ4v) is 0.348. The van der Waals surface area contributed by atoms with Crippen LogP contribution in [0.1, 0.15) is 6.92 Å². The third kappa shape index (κ3) is 2.29. The Bertz CT molecular complexity index is 155. The van der Waals surface area contributed by atoms with Crippen molar-refractivity contribution < 1.29 is 5.03 Å². The second kappa shape index (κ2) is 3.65. The molecule has 0 heterocycles. The lowest BCUT2D eigenvalue weighted by Gasteiger charge is -2.04.